The highest BCUT2D eigenvalue weighted by molar-refractivity contribution is 5.96. The number of likely N-dealkylation sites (N-methyl/N-ethyl adjacent to an activating group) is 1. The minimum Gasteiger partial charge on any atom is -0.508 e. The molecule has 0 radical (unpaired) electrons. The van der Waals surface area contributed by atoms with Crippen LogP contribution in [0.15, 0.2) is 67.5 Å². The number of fused-ring (bicyclic) bond motifs is 6. The molecule has 68 heavy (non-hydrogen) atoms. The number of rotatable bonds is 11. The number of carbonyl (C=O) groups excluding carboxylic acids is 5. The number of phenolic OH excluding ortho intramolecular Hbond substituents is 1. The summed E-state index contributed by atoms with van der Waals surface area (Å²) in [5.74, 6) is -2.41. The zero-order valence-corrected chi connectivity index (χ0v) is 40.5. The van der Waals surface area contributed by atoms with Gasteiger partial charge in [0.2, 0.25) is 17.7 Å². The lowest BCUT2D eigenvalue weighted by Crippen LogP contribution is -2.62. The molecule has 4 aromatic rings. The Kier molecular flexibility index (Phi) is 14.2. The van der Waals surface area contributed by atoms with Crippen molar-refractivity contribution in [3.8, 4) is 28.1 Å². The Morgan fingerprint density at radius 3 is 2.56 bits per heavy atom. The van der Waals surface area contributed by atoms with Crippen LogP contribution in [0, 0.1) is 23.2 Å². The summed E-state index contributed by atoms with van der Waals surface area (Å²) < 4.78 is 14.6. The van der Waals surface area contributed by atoms with Gasteiger partial charge in [-0.05, 0) is 122 Å². The number of nitrogens with zero attached hydrogens (tertiary/aromatic N) is 5. The van der Waals surface area contributed by atoms with Gasteiger partial charge in [0.05, 0.1) is 24.3 Å². The number of nitrogens with one attached hydrogen (secondary N) is 2. The molecule has 1 saturated carbocycles. The Balaban J connectivity index is 1.20. The number of benzene rings is 2. The lowest BCUT2D eigenvalue weighted by molar-refractivity contribution is -0.155. The van der Waals surface area contributed by atoms with Crippen molar-refractivity contribution in [2.75, 3.05) is 40.4 Å². The fourth-order valence-corrected chi connectivity index (χ4v) is 10.7. The van der Waals surface area contributed by atoms with Crippen LogP contribution < -0.4 is 10.7 Å². The summed E-state index contributed by atoms with van der Waals surface area (Å²) in [5.41, 5.74) is 9.99. The van der Waals surface area contributed by atoms with Gasteiger partial charge in [0.25, 0.3) is 5.91 Å². The average Bonchev–Trinajstić information content (AvgIpc) is 3.95. The lowest BCUT2D eigenvalue weighted by atomic mass is 9.83. The monoisotopic (exact) mass is 930 g/mol. The van der Waals surface area contributed by atoms with Gasteiger partial charge in [0.1, 0.15) is 23.9 Å². The number of amides is 4. The highest BCUT2D eigenvalue weighted by atomic mass is 16.5. The molecule has 2 aromatic carbocycles. The molecule has 4 aliphatic rings. The predicted molar refractivity (Wildman–Crippen MR) is 259 cm³/mol. The number of phenols is 1. The summed E-state index contributed by atoms with van der Waals surface area (Å²) >= 11 is 0. The first-order valence-corrected chi connectivity index (χ1v) is 24.2. The number of ether oxygens (including phenoxy) is 2. The molecule has 8 rings (SSSR count). The molecule has 0 spiro atoms. The average molecular weight is 930 g/mol. The number of cyclic esters (lactones) is 1. The zero-order valence-electron chi connectivity index (χ0n) is 40.5. The first-order valence-electron chi connectivity index (χ1n) is 24.2. The largest absolute Gasteiger partial charge is 0.508 e. The Morgan fingerprint density at radius 1 is 1.07 bits per heavy atom. The number of aromatic nitrogens is 2. The number of methoxy groups -OCH3 is 1. The second kappa shape index (κ2) is 19.9. The van der Waals surface area contributed by atoms with Crippen molar-refractivity contribution in [2.45, 2.75) is 110 Å². The highest BCUT2D eigenvalue weighted by Gasteiger charge is 2.41. The number of hydrogen-bond donors (Lipinski definition) is 3. The van der Waals surface area contributed by atoms with E-state index >= 15 is 0 Å². The van der Waals surface area contributed by atoms with Crippen LogP contribution >= 0.6 is 0 Å². The maximum absolute atomic E-state index is 14.8. The molecule has 3 fully saturated rings. The molecule has 2 saturated heterocycles. The van der Waals surface area contributed by atoms with Crippen molar-refractivity contribution in [3.05, 3.63) is 84.2 Å². The van der Waals surface area contributed by atoms with E-state index in [1.54, 1.807) is 31.2 Å². The normalized spacial score (nSPS) is 21.8. The fraction of sp³-hybridized carbons (Fsp3) is 0.509. The summed E-state index contributed by atoms with van der Waals surface area (Å²) in [4.78, 5) is 77.2. The number of esters is 1. The summed E-state index contributed by atoms with van der Waals surface area (Å²) in [7, 11) is 3.36. The van der Waals surface area contributed by atoms with E-state index in [4.69, 9.17) is 9.47 Å². The second-order valence-electron chi connectivity index (χ2n) is 20.3. The Hall–Kier alpha value is -6.06. The van der Waals surface area contributed by atoms with Gasteiger partial charge in [0.15, 0.2) is 0 Å². The fourth-order valence-electron chi connectivity index (χ4n) is 10.7. The minimum atomic E-state index is -1.16. The first kappa shape index (κ1) is 48.4. The van der Waals surface area contributed by atoms with Gasteiger partial charge in [-0.25, -0.2) is 5.43 Å². The molecule has 15 nitrogen and oxygen atoms in total. The Labute approximate surface area is 399 Å². The lowest BCUT2D eigenvalue weighted by Gasteiger charge is -2.37. The van der Waals surface area contributed by atoms with Gasteiger partial charge in [-0.2, -0.15) is 0 Å². The van der Waals surface area contributed by atoms with E-state index in [0.29, 0.717) is 50.3 Å². The number of hydrogen-bond acceptors (Lipinski definition) is 10. The molecule has 15 heteroatoms. The highest BCUT2D eigenvalue weighted by Crippen LogP contribution is 2.48. The van der Waals surface area contributed by atoms with Gasteiger partial charge in [-0.1, -0.05) is 46.4 Å². The predicted octanol–water partition coefficient (Wildman–Crippen LogP) is 6.36. The van der Waals surface area contributed by atoms with Crippen molar-refractivity contribution in [1.82, 2.24) is 35.1 Å². The van der Waals surface area contributed by atoms with E-state index in [1.807, 2.05) is 38.4 Å². The van der Waals surface area contributed by atoms with Gasteiger partial charge in [-0.15, -0.1) is 0 Å². The zero-order chi connectivity index (χ0) is 48.6. The maximum atomic E-state index is 14.8. The van der Waals surface area contributed by atoms with E-state index in [9.17, 15) is 29.1 Å². The van der Waals surface area contributed by atoms with Crippen LogP contribution in [0.3, 0.4) is 0 Å². The molecule has 1 aliphatic carbocycles. The number of aryl methyl sites for hydroxylation is 1. The van der Waals surface area contributed by atoms with E-state index in [1.165, 1.54) is 16.0 Å². The van der Waals surface area contributed by atoms with Crippen LogP contribution in [0.2, 0.25) is 0 Å². The molecule has 2 aromatic heterocycles. The van der Waals surface area contributed by atoms with E-state index in [2.05, 4.69) is 65.8 Å². The standard InChI is InChI=1S/C53H67N7O8/c1-9-45(62)58-21-18-35(29-58)50(64)57(7)46(31(3)4)49(63)55-43-24-32-22-36(25-37(61)23-32)34-15-16-44-39(26-34)40(27-53(5,6)30-68-52(66)42-12-11-20-60(56-42)51(43)65)47(59(44)10-2)41-28-54-19-17-38(41)48(67-8)33-13-14-33/h9,15-17,19,22-23,25-26,28,31,33,35,42-43,46,48,56,61H,1,10-14,18,20-21,24,27,29-30H2,2-8H3,(H,55,63)/t35-,42-,43-,46?,48?/m0/s1. The number of likely N-dealkylation sites (tertiary alicyclic amines) is 1. The third kappa shape index (κ3) is 9.91. The van der Waals surface area contributed by atoms with E-state index < -0.39 is 47.2 Å². The smallest absolute Gasteiger partial charge is 0.324 e. The van der Waals surface area contributed by atoms with E-state index in [0.717, 1.165) is 57.3 Å². The van der Waals surface area contributed by atoms with Gasteiger partial charge >= 0.3 is 5.97 Å². The molecule has 5 atom stereocenters. The molecule has 6 bridgehead atoms. The number of aromatic hydroxyl groups is 1. The Morgan fingerprint density at radius 2 is 1.85 bits per heavy atom. The van der Waals surface area contributed by atoms with Crippen LogP contribution in [0.25, 0.3) is 33.3 Å². The molecular formula is C53H67N7O8. The number of carbonyl (C=O) groups is 5. The molecule has 2 unspecified atom stereocenters. The molecule has 362 valence electrons. The molecule has 3 N–H and O–H groups in total. The third-order valence-electron chi connectivity index (χ3n) is 14.3. The van der Waals surface area contributed by atoms with Crippen molar-refractivity contribution in [2.24, 2.45) is 23.2 Å². The summed E-state index contributed by atoms with van der Waals surface area (Å²) in [6.07, 6.45) is 9.07. The summed E-state index contributed by atoms with van der Waals surface area (Å²) in [6.45, 7) is 15.3. The van der Waals surface area contributed by atoms with Gasteiger partial charge < -0.3 is 34.3 Å². The Bertz CT molecular complexity index is 2600. The number of hydrazine groups is 1. The SMILES string of the molecule is C=CC(=O)N1CC[C@H](C(=O)N(C)C(C(=O)N[C@H]2Cc3cc(O)cc(c3)-c3ccc4c(c3)c(c(-c3cnccc3C(OC)C3CC3)n4CC)CC(C)(C)COC(=O)[C@@H]3CCCN(N3)C2=O)C(C)C)C1. The van der Waals surface area contributed by atoms with E-state index in [-0.39, 0.29) is 55.7 Å². The molecular weight excluding hydrogens is 863 g/mol. The van der Waals surface area contributed by atoms with Crippen LogP contribution in [0.5, 0.6) is 5.75 Å². The quantitative estimate of drug-likeness (QED) is 0.113. The maximum Gasteiger partial charge on any atom is 0.324 e. The van der Waals surface area contributed by atoms with Gasteiger partial charge in [0, 0.05) is 81.0 Å². The molecule has 4 amide bonds. The molecule has 3 aliphatic heterocycles. The topological polar surface area (TPSA) is 176 Å². The first-order chi connectivity index (χ1) is 32.5. The van der Waals surface area contributed by atoms with Crippen molar-refractivity contribution >= 4 is 40.5 Å². The summed E-state index contributed by atoms with van der Waals surface area (Å²) in [6, 6.07) is 10.7. The van der Waals surface area contributed by atoms with Crippen LogP contribution in [-0.4, -0.2) is 118 Å². The van der Waals surface area contributed by atoms with Crippen molar-refractivity contribution < 1.29 is 38.6 Å². The third-order valence-corrected chi connectivity index (χ3v) is 14.3. The number of pyridine rings is 1. The van der Waals surface area contributed by atoms with Crippen molar-refractivity contribution in [3.63, 3.8) is 0 Å². The van der Waals surface area contributed by atoms with Crippen LogP contribution in [-0.2, 0) is 52.8 Å². The van der Waals surface area contributed by atoms with Gasteiger partial charge in [-0.3, -0.25) is 34.0 Å². The second-order valence-corrected chi connectivity index (χ2v) is 20.3. The van der Waals surface area contributed by atoms with Crippen LogP contribution in [0.1, 0.15) is 89.5 Å². The summed E-state index contributed by atoms with van der Waals surface area (Å²) in [5, 5.41) is 16.8. The minimum absolute atomic E-state index is 0.00627. The van der Waals surface area contributed by atoms with Crippen LogP contribution in [0.4, 0.5) is 0 Å². The molecule has 5 heterocycles. The van der Waals surface area contributed by atoms with Crippen molar-refractivity contribution in [1.29, 1.82) is 0 Å².